The van der Waals surface area contributed by atoms with Gasteiger partial charge in [-0.25, -0.2) is 13.1 Å². The zero-order valence-electron chi connectivity index (χ0n) is 13.3. The Kier molecular flexibility index (Phi) is 5.68. The molecule has 0 bridgehead atoms. The number of nitrogens with one attached hydrogen (secondary N) is 1. The van der Waals surface area contributed by atoms with Crippen molar-refractivity contribution in [3.63, 3.8) is 0 Å². The smallest absolute Gasteiger partial charge is 0.215 e. The van der Waals surface area contributed by atoms with Crippen LogP contribution in [0.3, 0.4) is 0 Å². The van der Waals surface area contributed by atoms with E-state index in [0.717, 1.165) is 45.1 Å². The zero-order chi connectivity index (χ0) is 15.5. The molecule has 1 heterocycles. The molecule has 0 amide bonds. The topological polar surface area (TPSA) is 69.6 Å². The number of β-amino-alcohol motifs (C(OH)–C–C–N with tert-alkyl or cyclic N) is 1. The van der Waals surface area contributed by atoms with E-state index in [0.29, 0.717) is 19.5 Å². The quantitative estimate of drug-likeness (QED) is 0.778. The van der Waals surface area contributed by atoms with Gasteiger partial charge >= 0.3 is 0 Å². The molecule has 1 saturated heterocycles. The van der Waals surface area contributed by atoms with Crippen molar-refractivity contribution in [1.29, 1.82) is 0 Å². The number of hydrogen-bond donors (Lipinski definition) is 2. The molecule has 6 heteroatoms. The van der Waals surface area contributed by atoms with E-state index >= 15 is 0 Å². The third-order valence-electron chi connectivity index (χ3n) is 4.91. The molecule has 2 fully saturated rings. The highest BCUT2D eigenvalue weighted by atomic mass is 32.2. The first kappa shape index (κ1) is 17.2. The Bertz CT molecular complexity index is 430. The maximum atomic E-state index is 12.5. The predicted molar refractivity (Wildman–Crippen MR) is 84.7 cm³/mol. The number of piperidine rings is 1. The van der Waals surface area contributed by atoms with E-state index in [1.54, 1.807) is 0 Å². The minimum Gasteiger partial charge on any atom is -0.389 e. The van der Waals surface area contributed by atoms with Gasteiger partial charge < -0.3 is 5.11 Å². The number of aliphatic hydroxyl groups is 1. The van der Waals surface area contributed by atoms with Crippen molar-refractivity contribution >= 4 is 10.0 Å². The molecule has 2 N–H and O–H groups in total. The minimum absolute atomic E-state index is 0.143. The molecule has 124 valence electrons. The molecule has 0 spiro atoms. The lowest BCUT2D eigenvalue weighted by molar-refractivity contribution is 0.0116. The number of sulfonamides is 1. The molecule has 2 aliphatic rings. The van der Waals surface area contributed by atoms with E-state index in [2.05, 4.69) is 9.62 Å². The molecule has 0 aromatic rings. The summed E-state index contributed by atoms with van der Waals surface area (Å²) in [4.78, 5) is 2.10. The number of nitrogens with zero attached hydrogens (tertiary/aromatic N) is 1. The van der Waals surface area contributed by atoms with Crippen molar-refractivity contribution in [2.24, 2.45) is 0 Å². The molecular weight excluding hydrogens is 288 g/mol. The lowest BCUT2D eigenvalue weighted by Gasteiger charge is -2.37. The fraction of sp³-hybridized carbons (Fsp3) is 1.00. The van der Waals surface area contributed by atoms with E-state index in [1.807, 2.05) is 13.8 Å². The summed E-state index contributed by atoms with van der Waals surface area (Å²) in [5.41, 5.74) is -0.732. The van der Waals surface area contributed by atoms with Crippen LogP contribution in [0.1, 0.15) is 58.8 Å². The molecule has 0 unspecified atom stereocenters. The van der Waals surface area contributed by atoms with E-state index < -0.39 is 15.6 Å². The van der Waals surface area contributed by atoms with E-state index in [1.165, 1.54) is 0 Å². The fourth-order valence-electron chi connectivity index (χ4n) is 3.38. The number of hydrogen-bond acceptors (Lipinski definition) is 4. The summed E-state index contributed by atoms with van der Waals surface area (Å²) in [6.07, 6.45) is 6.50. The summed E-state index contributed by atoms with van der Waals surface area (Å²) in [5.74, 6) is 0. The van der Waals surface area contributed by atoms with Gasteiger partial charge in [-0.3, -0.25) is 4.90 Å². The second-order valence-corrected chi connectivity index (χ2v) is 8.99. The molecule has 5 nitrogen and oxygen atoms in total. The highest BCUT2D eigenvalue weighted by molar-refractivity contribution is 7.90. The Morgan fingerprint density at radius 2 is 1.90 bits per heavy atom. The predicted octanol–water partition coefficient (Wildman–Crippen LogP) is 1.47. The molecule has 0 aromatic heterocycles. The van der Waals surface area contributed by atoms with Crippen LogP contribution in [0.2, 0.25) is 0 Å². The Labute approximate surface area is 129 Å². The highest BCUT2D eigenvalue weighted by Crippen LogP contribution is 2.23. The molecule has 0 radical (unpaired) electrons. The number of likely N-dealkylation sites (tertiary alicyclic amines) is 1. The van der Waals surface area contributed by atoms with Gasteiger partial charge in [0, 0.05) is 19.1 Å². The molecule has 2 atom stereocenters. The van der Waals surface area contributed by atoms with Crippen LogP contribution in [0.25, 0.3) is 0 Å². The van der Waals surface area contributed by atoms with Gasteiger partial charge in [-0.1, -0.05) is 19.8 Å². The van der Waals surface area contributed by atoms with Gasteiger partial charge in [-0.2, -0.15) is 0 Å². The Hall–Kier alpha value is -0.170. The van der Waals surface area contributed by atoms with E-state index in [4.69, 9.17) is 0 Å². The molecule has 1 aliphatic carbocycles. The first-order valence-corrected chi connectivity index (χ1v) is 9.83. The maximum Gasteiger partial charge on any atom is 0.215 e. The van der Waals surface area contributed by atoms with Gasteiger partial charge in [0.15, 0.2) is 0 Å². The van der Waals surface area contributed by atoms with Gasteiger partial charge in [-0.05, 0) is 45.6 Å². The van der Waals surface area contributed by atoms with E-state index in [-0.39, 0.29) is 11.3 Å². The molecule has 21 heavy (non-hydrogen) atoms. The lowest BCUT2D eigenvalue weighted by Crippen LogP contribution is -2.51. The number of rotatable bonds is 6. The third kappa shape index (κ3) is 4.91. The van der Waals surface area contributed by atoms with Crippen LogP contribution in [0, 0.1) is 0 Å². The average Bonchev–Trinajstić information content (AvgIpc) is 2.91. The summed E-state index contributed by atoms with van der Waals surface area (Å²) in [7, 11) is -3.24. The third-order valence-corrected chi connectivity index (χ3v) is 6.84. The average molecular weight is 318 g/mol. The summed E-state index contributed by atoms with van der Waals surface area (Å²) >= 11 is 0. The van der Waals surface area contributed by atoms with Crippen LogP contribution in [-0.4, -0.2) is 55.0 Å². The van der Waals surface area contributed by atoms with Gasteiger partial charge in [0.05, 0.1) is 10.9 Å². The largest absolute Gasteiger partial charge is 0.389 e. The maximum absolute atomic E-state index is 12.5. The Balaban J connectivity index is 1.93. The van der Waals surface area contributed by atoms with E-state index in [9.17, 15) is 13.5 Å². The van der Waals surface area contributed by atoms with Crippen LogP contribution < -0.4 is 4.72 Å². The van der Waals surface area contributed by atoms with Gasteiger partial charge in [-0.15, -0.1) is 0 Å². The first-order chi connectivity index (χ1) is 9.82. The van der Waals surface area contributed by atoms with Crippen LogP contribution in [-0.2, 0) is 10.0 Å². The normalized spacial score (nSPS) is 28.6. The minimum atomic E-state index is -3.24. The van der Waals surface area contributed by atoms with Crippen molar-refractivity contribution in [1.82, 2.24) is 9.62 Å². The summed E-state index contributed by atoms with van der Waals surface area (Å²) in [6, 6.07) is 0.143. The Morgan fingerprint density at radius 3 is 2.52 bits per heavy atom. The molecular formula is C15H30N2O3S. The lowest BCUT2D eigenvalue weighted by atomic mass is 10.0. The summed E-state index contributed by atoms with van der Waals surface area (Å²) in [5, 5.41) is 9.85. The first-order valence-electron chi connectivity index (χ1n) is 8.28. The van der Waals surface area contributed by atoms with Crippen molar-refractivity contribution in [2.45, 2.75) is 75.7 Å². The van der Waals surface area contributed by atoms with Gasteiger partial charge in [0.25, 0.3) is 0 Å². The van der Waals surface area contributed by atoms with Crippen LogP contribution in [0.5, 0.6) is 0 Å². The van der Waals surface area contributed by atoms with Crippen molar-refractivity contribution in [2.75, 3.05) is 19.6 Å². The Morgan fingerprint density at radius 1 is 1.24 bits per heavy atom. The second kappa shape index (κ2) is 6.94. The van der Waals surface area contributed by atoms with Crippen molar-refractivity contribution in [3.05, 3.63) is 0 Å². The molecule has 1 saturated carbocycles. The van der Waals surface area contributed by atoms with Gasteiger partial charge in [0.1, 0.15) is 0 Å². The summed E-state index contributed by atoms with van der Waals surface area (Å²) in [6.45, 7) is 5.75. The van der Waals surface area contributed by atoms with Crippen LogP contribution in [0.4, 0.5) is 0 Å². The summed E-state index contributed by atoms with van der Waals surface area (Å²) < 4.78 is 27.9. The van der Waals surface area contributed by atoms with Crippen LogP contribution in [0.15, 0.2) is 0 Å². The standard InChI is InChI=1S/C15H30N2O3S/c1-3-15(2,18)12-17-10-6-9-14(11-17)21(19,20)16-13-7-4-5-8-13/h13-14,16,18H,3-12H2,1-2H3/t14-,15-/m1/s1. The second-order valence-electron chi connectivity index (χ2n) is 6.99. The molecule has 2 rings (SSSR count). The van der Waals surface area contributed by atoms with Gasteiger partial charge in [0.2, 0.25) is 10.0 Å². The highest BCUT2D eigenvalue weighted by Gasteiger charge is 2.34. The molecule has 0 aromatic carbocycles. The SMILES string of the molecule is CC[C@@](C)(O)CN1CCC[C@@H](S(=O)(=O)NC2CCCC2)C1. The molecule has 1 aliphatic heterocycles. The fourth-order valence-corrected chi connectivity index (χ4v) is 5.15. The van der Waals surface area contributed by atoms with Crippen molar-refractivity contribution < 1.29 is 13.5 Å². The zero-order valence-corrected chi connectivity index (χ0v) is 14.2. The monoisotopic (exact) mass is 318 g/mol. The van der Waals surface area contributed by atoms with Crippen molar-refractivity contribution in [3.8, 4) is 0 Å². The van der Waals surface area contributed by atoms with Crippen LogP contribution >= 0.6 is 0 Å².